The summed E-state index contributed by atoms with van der Waals surface area (Å²) in [5.74, 6) is 1.84. The monoisotopic (exact) mass is 349 g/mol. The average Bonchev–Trinajstić information content (AvgIpc) is 3.47. The largest absolute Gasteiger partial charge is 0.367 e. The van der Waals surface area contributed by atoms with E-state index in [0.29, 0.717) is 6.04 Å². The summed E-state index contributed by atoms with van der Waals surface area (Å²) in [5.41, 5.74) is 2.29. The minimum absolute atomic E-state index is 0.616. The van der Waals surface area contributed by atoms with Crippen LogP contribution in [0.25, 0.3) is 6.08 Å². The molecule has 0 atom stereocenters. The third kappa shape index (κ3) is 4.61. The van der Waals surface area contributed by atoms with E-state index in [4.69, 9.17) is 4.98 Å². The number of piperazine rings is 1. The molecule has 1 saturated heterocycles. The summed E-state index contributed by atoms with van der Waals surface area (Å²) in [6, 6.07) is 13.1. The van der Waals surface area contributed by atoms with Crippen LogP contribution in [0.4, 0.5) is 11.8 Å². The van der Waals surface area contributed by atoms with Crippen molar-refractivity contribution in [2.24, 2.45) is 0 Å². The van der Waals surface area contributed by atoms with E-state index in [2.05, 4.69) is 62.6 Å². The van der Waals surface area contributed by atoms with Gasteiger partial charge in [0.05, 0.1) is 0 Å². The van der Waals surface area contributed by atoms with E-state index in [9.17, 15) is 0 Å². The maximum absolute atomic E-state index is 4.74. The molecule has 5 nitrogen and oxygen atoms in total. The molecule has 0 unspecified atom stereocenters. The zero-order chi connectivity index (χ0) is 17.8. The van der Waals surface area contributed by atoms with E-state index in [1.54, 1.807) is 0 Å². The van der Waals surface area contributed by atoms with Gasteiger partial charge >= 0.3 is 0 Å². The maximum atomic E-state index is 4.74. The lowest BCUT2D eigenvalue weighted by atomic mass is 10.2. The van der Waals surface area contributed by atoms with Crippen LogP contribution in [0.5, 0.6) is 0 Å². The van der Waals surface area contributed by atoms with Crippen LogP contribution in [0, 0.1) is 6.92 Å². The van der Waals surface area contributed by atoms with Gasteiger partial charge < -0.3 is 10.2 Å². The van der Waals surface area contributed by atoms with Crippen LogP contribution in [0.3, 0.4) is 0 Å². The summed E-state index contributed by atoms with van der Waals surface area (Å²) >= 11 is 0. The highest BCUT2D eigenvalue weighted by atomic mass is 15.3. The Morgan fingerprint density at radius 3 is 2.58 bits per heavy atom. The quantitative estimate of drug-likeness (QED) is 0.868. The summed E-state index contributed by atoms with van der Waals surface area (Å²) in [7, 11) is 0. The molecular formula is C21H27N5. The van der Waals surface area contributed by atoms with E-state index in [-0.39, 0.29) is 0 Å². The van der Waals surface area contributed by atoms with E-state index in [0.717, 1.165) is 50.2 Å². The van der Waals surface area contributed by atoms with Crippen LogP contribution in [-0.4, -0.2) is 53.6 Å². The average molecular weight is 349 g/mol. The molecule has 1 aliphatic carbocycles. The minimum Gasteiger partial charge on any atom is -0.367 e. The molecule has 5 heteroatoms. The van der Waals surface area contributed by atoms with Crippen molar-refractivity contribution in [3.8, 4) is 0 Å². The van der Waals surface area contributed by atoms with Crippen LogP contribution >= 0.6 is 0 Å². The lowest BCUT2D eigenvalue weighted by Crippen LogP contribution is -2.47. The molecule has 1 aromatic carbocycles. The minimum atomic E-state index is 0.616. The molecule has 0 radical (unpaired) electrons. The van der Waals surface area contributed by atoms with Crippen LogP contribution in [-0.2, 0) is 0 Å². The molecule has 0 bridgehead atoms. The second kappa shape index (κ2) is 7.87. The molecule has 4 rings (SSSR count). The molecule has 2 aromatic rings. The van der Waals surface area contributed by atoms with Crippen molar-refractivity contribution >= 4 is 17.8 Å². The third-order valence-corrected chi connectivity index (χ3v) is 4.90. The first-order chi connectivity index (χ1) is 12.8. The Labute approximate surface area is 155 Å². The first kappa shape index (κ1) is 17.0. The van der Waals surface area contributed by atoms with Gasteiger partial charge in [0.1, 0.15) is 5.82 Å². The summed E-state index contributed by atoms with van der Waals surface area (Å²) in [4.78, 5) is 14.2. The lowest BCUT2D eigenvalue weighted by Gasteiger charge is -2.34. The highest BCUT2D eigenvalue weighted by Crippen LogP contribution is 2.25. The molecule has 2 heterocycles. The fourth-order valence-corrected chi connectivity index (χ4v) is 3.24. The van der Waals surface area contributed by atoms with Gasteiger partial charge in [-0.25, -0.2) is 4.98 Å². The number of hydrogen-bond donors (Lipinski definition) is 1. The number of aryl methyl sites for hydroxylation is 1. The highest BCUT2D eigenvalue weighted by molar-refractivity contribution is 5.49. The van der Waals surface area contributed by atoms with Gasteiger partial charge in [-0.1, -0.05) is 42.5 Å². The van der Waals surface area contributed by atoms with E-state index < -0.39 is 0 Å². The highest BCUT2D eigenvalue weighted by Gasteiger charge is 2.23. The molecule has 0 spiro atoms. The Morgan fingerprint density at radius 2 is 1.85 bits per heavy atom. The first-order valence-corrected chi connectivity index (χ1v) is 9.57. The molecular weight excluding hydrogens is 322 g/mol. The van der Waals surface area contributed by atoms with Crippen molar-refractivity contribution in [2.45, 2.75) is 25.8 Å². The van der Waals surface area contributed by atoms with E-state index in [1.165, 1.54) is 18.4 Å². The molecule has 26 heavy (non-hydrogen) atoms. The Bertz CT molecular complexity index is 746. The Kier molecular flexibility index (Phi) is 5.16. The summed E-state index contributed by atoms with van der Waals surface area (Å²) < 4.78 is 0. The van der Waals surface area contributed by atoms with Crippen molar-refractivity contribution in [1.82, 2.24) is 14.9 Å². The smallest absolute Gasteiger partial charge is 0.227 e. The number of benzene rings is 1. The topological polar surface area (TPSA) is 44.3 Å². The Hall–Kier alpha value is -2.40. The van der Waals surface area contributed by atoms with Crippen LogP contribution in [0.15, 0.2) is 42.5 Å². The van der Waals surface area contributed by atoms with Crippen molar-refractivity contribution in [3.05, 3.63) is 53.7 Å². The van der Waals surface area contributed by atoms with Crippen LogP contribution in [0.2, 0.25) is 0 Å². The van der Waals surface area contributed by atoms with Gasteiger partial charge in [0.25, 0.3) is 0 Å². The van der Waals surface area contributed by atoms with Gasteiger partial charge in [-0.05, 0) is 25.3 Å². The fraction of sp³-hybridized carbons (Fsp3) is 0.429. The molecule has 1 N–H and O–H groups in total. The van der Waals surface area contributed by atoms with Crippen LogP contribution < -0.4 is 10.2 Å². The molecule has 2 aliphatic rings. The Balaban J connectivity index is 1.30. The van der Waals surface area contributed by atoms with Crippen molar-refractivity contribution < 1.29 is 0 Å². The van der Waals surface area contributed by atoms with Crippen molar-refractivity contribution in [3.63, 3.8) is 0 Å². The van der Waals surface area contributed by atoms with Crippen molar-refractivity contribution in [2.75, 3.05) is 42.9 Å². The molecule has 0 amide bonds. The Morgan fingerprint density at radius 1 is 1.08 bits per heavy atom. The summed E-state index contributed by atoms with van der Waals surface area (Å²) in [6.45, 7) is 7.08. The SMILES string of the molecule is Cc1cc(NC2CC2)nc(N2CCN(C/C=C/c3ccccc3)CC2)n1. The second-order valence-electron chi connectivity index (χ2n) is 7.21. The van der Waals surface area contributed by atoms with Gasteiger partial charge in [-0.3, -0.25) is 4.90 Å². The van der Waals surface area contributed by atoms with E-state index >= 15 is 0 Å². The van der Waals surface area contributed by atoms with Gasteiger partial charge in [0.15, 0.2) is 0 Å². The zero-order valence-electron chi connectivity index (χ0n) is 15.4. The number of rotatable bonds is 6. The van der Waals surface area contributed by atoms with E-state index in [1.807, 2.05) is 13.0 Å². The molecule has 1 aromatic heterocycles. The van der Waals surface area contributed by atoms with Gasteiger partial charge in [-0.15, -0.1) is 0 Å². The van der Waals surface area contributed by atoms with Crippen molar-refractivity contribution in [1.29, 1.82) is 0 Å². The molecule has 1 saturated carbocycles. The van der Waals surface area contributed by atoms with Crippen LogP contribution in [0.1, 0.15) is 24.1 Å². The lowest BCUT2D eigenvalue weighted by molar-refractivity contribution is 0.283. The molecule has 2 fully saturated rings. The number of nitrogens with one attached hydrogen (secondary N) is 1. The number of hydrogen-bond acceptors (Lipinski definition) is 5. The standard InChI is InChI=1S/C21H27N5/c1-17-16-20(23-19-9-10-19)24-21(22-17)26-14-12-25(13-15-26)11-5-8-18-6-3-2-4-7-18/h2-8,16,19H,9-15H2,1H3,(H,22,23,24)/b8-5+. The second-order valence-corrected chi connectivity index (χ2v) is 7.21. The molecule has 136 valence electrons. The first-order valence-electron chi connectivity index (χ1n) is 9.57. The summed E-state index contributed by atoms with van der Waals surface area (Å²) in [6.07, 6.45) is 6.97. The van der Waals surface area contributed by atoms with Gasteiger partial charge in [0.2, 0.25) is 5.95 Å². The number of aromatic nitrogens is 2. The molecule has 1 aliphatic heterocycles. The predicted octanol–water partition coefficient (Wildman–Crippen LogP) is 3.19. The summed E-state index contributed by atoms with van der Waals surface area (Å²) in [5, 5.41) is 3.49. The maximum Gasteiger partial charge on any atom is 0.227 e. The number of anilines is 2. The third-order valence-electron chi connectivity index (χ3n) is 4.90. The normalized spacial score (nSPS) is 18.4. The predicted molar refractivity (Wildman–Crippen MR) is 108 cm³/mol. The zero-order valence-corrected chi connectivity index (χ0v) is 15.4. The number of nitrogens with zero attached hydrogens (tertiary/aromatic N) is 4. The van der Waals surface area contributed by atoms with Gasteiger partial charge in [0, 0.05) is 50.5 Å². The fourth-order valence-electron chi connectivity index (χ4n) is 3.24. The van der Waals surface area contributed by atoms with Gasteiger partial charge in [-0.2, -0.15) is 4.98 Å².